The second-order valence-corrected chi connectivity index (χ2v) is 1.67. The van der Waals surface area contributed by atoms with Gasteiger partial charge in [0.1, 0.15) is 0 Å². The van der Waals surface area contributed by atoms with Crippen molar-refractivity contribution in [1.82, 2.24) is 0 Å². The van der Waals surface area contributed by atoms with Crippen molar-refractivity contribution in [2.75, 3.05) is 26.4 Å². The summed E-state index contributed by atoms with van der Waals surface area (Å²) in [4.78, 5) is 14.2. The molecule has 0 saturated heterocycles. The summed E-state index contributed by atoms with van der Waals surface area (Å²) in [5.74, 6) is 0. The SMILES string of the molecule is CCOO.CCOO.CCOO.CCOO.[Ti]. The Morgan fingerprint density at radius 2 is 0.588 bits per heavy atom. The number of rotatable bonds is 4. The molecule has 0 aliphatic rings. The van der Waals surface area contributed by atoms with E-state index in [2.05, 4.69) is 19.6 Å². The van der Waals surface area contributed by atoms with Crippen LogP contribution in [0.4, 0.5) is 0 Å². The summed E-state index contributed by atoms with van der Waals surface area (Å²) in [6.45, 7) is 8.33. The normalized spacial score (nSPS) is 7.06. The molecule has 0 rings (SSSR count). The van der Waals surface area contributed by atoms with E-state index in [1.54, 1.807) is 27.7 Å². The number of hydrogen-bond acceptors (Lipinski definition) is 8. The Hall–Kier alpha value is 0.394. The maximum atomic E-state index is 7.38. The van der Waals surface area contributed by atoms with E-state index in [1.807, 2.05) is 0 Å². The fourth-order valence-corrected chi connectivity index (χ4v) is 0. The average Bonchev–Trinajstić information content (AvgIpc) is 2.39. The van der Waals surface area contributed by atoms with E-state index < -0.39 is 0 Å². The van der Waals surface area contributed by atoms with E-state index in [0.29, 0.717) is 26.4 Å². The van der Waals surface area contributed by atoms with Crippen LogP contribution in [0.3, 0.4) is 0 Å². The molecule has 0 bridgehead atoms. The van der Waals surface area contributed by atoms with Gasteiger partial charge in [0.25, 0.3) is 0 Å². The van der Waals surface area contributed by atoms with Gasteiger partial charge in [-0.15, -0.1) is 0 Å². The van der Waals surface area contributed by atoms with E-state index in [-0.39, 0.29) is 21.7 Å². The van der Waals surface area contributed by atoms with Crippen LogP contribution in [-0.4, -0.2) is 47.5 Å². The van der Waals surface area contributed by atoms with Crippen LogP contribution in [0.2, 0.25) is 0 Å². The largest absolute Gasteiger partial charge is 0.252 e. The molecular weight excluding hydrogens is 272 g/mol. The Morgan fingerprint density at radius 1 is 0.529 bits per heavy atom. The van der Waals surface area contributed by atoms with Crippen molar-refractivity contribution < 1.29 is 62.3 Å². The average molecular weight is 296 g/mol. The Balaban J connectivity index is -0.0000000369. The van der Waals surface area contributed by atoms with Gasteiger partial charge < -0.3 is 0 Å². The van der Waals surface area contributed by atoms with Gasteiger partial charge in [-0.2, -0.15) is 0 Å². The summed E-state index contributed by atoms with van der Waals surface area (Å²) < 4.78 is 0. The van der Waals surface area contributed by atoms with Crippen LogP contribution in [0, 0.1) is 0 Å². The van der Waals surface area contributed by atoms with Gasteiger partial charge in [-0.3, -0.25) is 21.0 Å². The van der Waals surface area contributed by atoms with Crippen LogP contribution in [0.15, 0.2) is 0 Å². The van der Waals surface area contributed by atoms with Gasteiger partial charge in [0.15, 0.2) is 0 Å². The molecule has 0 aromatic rings. The number of hydrogen-bond donors (Lipinski definition) is 4. The Bertz CT molecular complexity index is 45.5. The first kappa shape index (κ1) is 30.4. The second kappa shape index (κ2) is 55.1. The van der Waals surface area contributed by atoms with Gasteiger partial charge >= 0.3 is 0 Å². The topological polar surface area (TPSA) is 118 Å². The molecule has 0 aromatic heterocycles. The Labute approximate surface area is 117 Å². The van der Waals surface area contributed by atoms with E-state index in [0.717, 1.165) is 0 Å². The third kappa shape index (κ3) is 176. The second-order valence-electron chi connectivity index (χ2n) is 1.67. The van der Waals surface area contributed by atoms with Crippen molar-refractivity contribution >= 4 is 0 Å². The quantitative estimate of drug-likeness (QED) is 0.353. The van der Waals surface area contributed by atoms with Crippen molar-refractivity contribution in [3.05, 3.63) is 0 Å². The van der Waals surface area contributed by atoms with E-state index in [4.69, 9.17) is 21.0 Å². The molecule has 0 fully saturated rings. The van der Waals surface area contributed by atoms with Crippen molar-refractivity contribution in [2.24, 2.45) is 0 Å². The van der Waals surface area contributed by atoms with Gasteiger partial charge in [0.2, 0.25) is 0 Å². The molecule has 0 aromatic carbocycles. The smallest absolute Gasteiger partial charge is 0.0791 e. The first-order valence-electron chi connectivity index (χ1n) is 4.71. The molecule has 17 heavy (non-hydrogen) atoms. The van der Waals surface area contributed by atoms with Gasteiger partial charge in [0, 0.05) is 21.7 Å². The molecule has 0 aliphatic carbocycles. The van der Waals surface area contributed by atoms with Crippen LogP contribution in [-0.2, 0) is 41.3 Å². The molecular formula is C8H24O8Ti. The summed E-state index contributed by atoms with van der Waals surface area (Å²) in [7, 11) is 0. The molecule has 0 saturated carbocycles. The van der Waals surface area contributed by atoms with Crippen LogP contribution in [0.1, 0.15) is 27.7 Å². The minimum Gasteiger partial charge on any atom is -0.252 e. The summed E-state index contributed by atoms with van der Waals surface area (Å²) in [6, 6.07) is 0. The fraction of sp³-hybridized carbons (Fsp3) is 1.00. The van der Waals surface area contributed by atoms with Crippen LogP contribution < -0.4 is 0 Å². The zero-order valence-corrected chi connectivity index (χ0v) is 12.3. The van der Waals surface area contributed by atoms with Crippen LogP contribution in [0.25, 0.3) is 0 Å². The molecule has 0 atom stereocenters. The molecule has 4 N–H and O–H groups in total. The summed E-state index contributed by atoms with van der Waals surface area (Å²) in [6.07, 6.45) is 0. The molecule has 0 spiro atoms. The summed E-state index contributed by atoms with van der Waals surface area (Å²) >= 11 is 0. The standard InChI is InChI=1S/4C2H6O2.Ti/c4*1-2-4-3;/h4*3H,2H2,1H3;. The Morgan fingerprint density at radius 3 is 0.588 bits per heavy atom. The monoisotopic (exact) mass is 296 g/mol. The van der Waals surface area contributed by atoms with Crippen LogP contribution in [0.5, 0.6) is 0 Å². The predicted molar refractivity (Wildman–Crippen MR) is 57.0 cm³/mol. The van der Waals surface area contributed by atoms with Gasteiger partial charge in [0.05, 0.1) is 26.4 Å². The molecule has 0 radical (unpaired) electrons. The molecule has 9 heteroatoms. The van der Waals surface area contributed by atoms with E-state index in [9.17, 15) is 0 Å². The molecule has 0 unspecified atom stereocenters. The van der Waals surface area contributed by atoms with E-state index >= 15 is 0 Å². The van der Waals surface area contributed by atoms with E-state index in [1.165, 1.54) is 0 Å². The maximum absolute atomic E-state index is 7.38. The predicted octanol–water partition coefficient (Wildman–Crippen LogP) is 1.98. The minimum atomic E-state index is 0. The molecule has 0 aliphatic heterocycles. The zero-order chi connectivity index (χ0) is 13.7. The Kier molecular flexibility index (Phi) is 98.7. The third-order valence-corrected chi connectivity index (χ3v) is 0.516. The zero-order valence-electron chi connectivity index (χ0n) is 10.8. The minimum absolute atomic E-state index is 0. The van der Waals surface area contributed by atoms with Gasteiger partial charge in [-0.05, 0) is 27.7 Å². The van der Waals surface area contributed by atoms with Gasteiger partial charge in [-0.25, -0.2) is 19.6 Å². The van der Waals surface area contributed by atoms with Crippen molar-refractivity contribution in [3.8, 4) is 0 Å². The summed E-state index contributed by atoms with van der Waals surface area (Å²) in [5, 5.41) is 29.5. The van der Waals surface area contributed by atoms with Crippen molar-refractivity contribution in [1.29, 1.82) is 0 Å². The van der Waals surface area contributed by atoms with Gasteiger partial charge in [-0.1, -0.05) is 0 Å². The van der Waals surface area contributed by atoms with Crippen molar-refractivity contribution in [2.45, 2.75) is 27.7 Å². The molecule has 8 nitrogen and oxygen atoms in total. The van der Waals surface area contributed by atoms with Crippen molar-refractivity contribution in [3.63, 3.8) is 0 Å². The molecule has 108 valence electrons. The summed E-state index contributed by atoms with van der Waals surface area (Å²) in [5.41, 5.74) is 0. The fourth-order valence-electron chi connectivity index (χ4n) is 0. The first-order chi connectivity index (χ1) is 7.66. The molecule has 0 amide bonds. The first-order valence-corrected chi connectivity index (χ1v) is 4.71. The molecule has 0 heterocycles. The third-order valence-electron chi connectivity index (χ3n) is 0.516. The maximum Gasteiger partial charge on any atom is 0.0791 e. The van der Waals surface area contributed by atoms with Crippen LogP contribution >= 0.6 is 0 Å².